The van der Waals surface area contributed by atoms with Crippen molar-refractivity contribution in [1.29, 1.82) is 0 Å². The molecule has 3 aromatic heterocycles. The van der Waals surface area contributed by atoms with Gasteiger partial charge in [0, 0.05) is 43.4 Å². The second kappa shape index (κ2) is 13.1. The van der Waals surface area contributed by atoms with Gasteiger partial charge >= 0.3 is 0 Å². The lowest BCUT2D eigenvalue weighted by Crippen LogP contribution is -2.36. The number of para-hydroxylation sites is 4. The fourth-order valence-corrected chi connectivity index (χ4v) is 9.53. The number of nitrogens with one attached hydrogen (secondary N) is 1. The molecule has 0 fully saturated rings. The van der Waals surface area contributed by atoms with Crippen LogP contribution in [-0.4, -0.2) is 20.8 Å². The molecule has 0 bridgehead atoms. The van der Waals surface area contributed by atoms with Gasteiger partial charge in [0.1, 0.15) is 11.4 Å². The second-order valence-electron chi connectivity index (χ2n) is 15.8. The van der Waals surface area contributed by atoms with Crippen molar-refractivity contribution >= 4 is 88.0 Å². The number of nitrogens with zero attached hydrogens (tertiary/aromatic N) is 4. The Morgan fingerprint density at radius 3 is 1.74 bits per heavy atom. The molecule has 4 heterocycles. The van der Waals surface area contributed by atoms with Crippen LogP contribution in [0.15, 0.2) is 215 Å². The van der Waals surface area contributed by atoms with Crippen LogP contribution in [0.1, 0.15) is 17.4 Å². The fourth-order valence-electron chi connectivity index (χ4n) is 9.53. The van der Waals surface area contributed by atoms with Crippen molar-refractivity contribution in [3.63, 3.8) is 0 Å². The number of furan rings is 1. The maximum atomic E-state index is 6.84. The smallest absolute Gasteiger partial charge is 0.204 e. The van der Waals surface area contributed by atoms with Crippen LogP contribution in [0.3, 0.4) is 0 Å². The molecule has 286 valence electrons. The van der Waals surface area contributed by atoms with E-state index in [2.05, 4.69) is 196 Å². The first-order valence-electron chi connectivity index (χ1n) is 20.7. The molecule has 1 unspecified atom stereocenters. The summed E-state index contributed by atoms with van der Waals surface area (Å²) in [6, 6.07) is 70.9. The molecular formula is C55H35N5O. The summed E-state index contributed by atoms with van der Waals surface area (Å²) in [5.41, 5.74) is 11.2. The summed E-state index contributed by atoms with van der Waals surface area (Å²) in [5, 5.41) is 13.0. The third kappa shape index (κ3) is 5.22. The summed E-state index contributed by atoms with van der Waals surface area (Å²) in [7, 11) is 0. The molecule has 0 amide bonds. The summed E-state index contributed by atoms with van der Waals surface area (Å²) in [6.07, 6.45) is -0.499. The number of hydrogen-bond acceptors (Lipinski definition) is 4. The van der Waals surface area contributed by atoms with Crippen LogP contribution < -0.4 is 5.32 Å². The van der Waals surface area contributed by atoms with Crippen molar-refractivity contribution in [3.8, 4) is 16.8 Å². The molecule has 13 rings (SSSR count). The summed E-state index contributed by atoms with van der Waals surface area (Å²) in [5.74, 6) is 1.38. The third-order valence-electron chi connectivity index (χ3n) is 12.4. The summed E-state index contributed by atoms with van der Waals surface area (Å²) in [4.78, 5) is 10.9. The fraction of sp³-hybridized carbons (Fsp3) is 0.0182. The Balaban J connectivity index is 1.08. The zero-order valence-electron chi connectivity index (χ0n) is 32.8. The molecule has 0 radical (unpaired) electrons. The van der Waals surface area contributed by atoms with Crippen molar-refractivity contribution in [2.75, 3.05) is 0 Å². The number of aromatic nitrogens is 2. The number of rotatable bonds is 5. The number of benzene rings is 9. The largest absolute Gasteiger partial charge is 0.454 e. The van der Waals surface area contributed by atoms with Crippen LogP contribution in [0.4, 0.5) is 0 Å². The number of hydrogen-bond donors (Lipinski definition) is 1. The first kappa shape index (κ1) is 33.7. The van der Waals surface area contributed by atoms with E-state index in [1.54, 1.807) is 0 Å². The van der Waals surface area contributed by atoms with Crippen molar-refractivity contribution in [2.24, 2.45) is 9.98 Å². The van der Waals surface area contributed by atoms with Crippen LogP contribution in [0.2, 0.25) is 0 Å². The van der Waals surface area contributed by atoms with E-state index in [9.17, 15) is 0 Å². The highest BCUT2D eigenvalue weighted by atomic mass is 16.3. The lowest BCUT2D eigenvalue weighted by atomic mass is 10.0. The van der Waals surface area contributed by atoms with E-state index < -0.39 is 6.29 Å². The van der Waals surface area contributed by atoms with Gasteiger partial charge in [-0.1, -0.05) is 152 Å². The molecule has 6 nitrogen and oxygen atoms in total. The van der Waals surface area contributed by atoms with Crippen LogP contribution in [0.25, 0.3) is 93.1 Å². The SMILES string of the molecule is c1ccc(-c2ccc(C3=NC(c4cc(-n5c6ccccc6c6cc7ccccc7cc65)c5oc6ccccc6c5c4)=NC(n4c5ccccc5c5ccccc54)N3)cc2)cc1. The van der Waals surface area contributed by atoms with E-state index >= 15 is 0 Å². The number of fused-ring (bicyclic) bond motifs is 10. The van der Waals surface area contributed by atoms with Gasteiger partial charge in [0.2, 0.25) is 6.29 Å². The number of aliphatic imine (C=N–C) groups is 2. The molecule has 61 heavy (non-hydrogen) atoms. The Hall–Kier alpha value is -8.22. The average molecular weight is 782 g/mol. The van der Waals surface area contributed by atoms with Crippen LogP contribution in [0.5, 0.6) is 0 Å². The molecule has 1 atom stereocenters. The van der Waals surface area contributed by atoms with Crippen molar-refractivity contribution in [1.82, 2.24) is 14.5 Å². The first-order valence-corrected chi connectivity index (χ1v) is 20.7. The summed E-state index contributed by atoms with van der Waals surface area (Å²) >= 11 is 0. The zero-order chi connectivity index (χ0) is 40.0. The van der Waals surface area contributed by atoms with Gasteiger partial charge in [0.05, 0.1) is 27.8 Å². The Kier molecular flexibility index (Phi) is 7.27. The highest BCUT2D eigenvalue weighted by Gasteiger charge is 2.27. The topological polar surface area (TPSA) is 59.8 Å². The van der Waals surface area contributed by atoms with Crippen LogP contribution in [0, 0.1) is 0 Å². The predicted molar refractivity (Wildman–Crippen MR) is 252 cm³/mol. The lowest BCUT2D eigenvalue weighted by molar-refractivity contribution is 0.516. The Morgan fingerprint density at radius 2 is 1.00 bits per heavy atom. The van der Waals surface area contributed by atoms with Crippen molar-refractivity contribution in [2.45, 2.75) is 6.29 Å². The van der Waals surface area contributed by atoms with Crippen LogP contribution >= 0.6 is 0 Å². The van der Waals surface area contributed by atoms with Gasteiger partial charge in [-0.3, -0.25) is 0 Å². The van der Waals surface area contributed by atoms with Gasteiger partial charge in [-0.2, -0.15) is 0 Å². The highest BCUT2D eigenvalue weighted by Crippen LogP contribution is 2.41. The maximum absolute atomic E-state index is 6.84. The van der Waals surface area contributed by atoms with Crippen molar-refractivity contribution in [3.05, 3.63) is 211 Å². The minimum atomic E-state index is -0.499. The average Bonchev–Trinajstić information content (AvgIpc) is 3.98. The molecule has 6 heteroatoms. The molecule has 1 aliphatic heterocycles. The molecule has 0 spiro atoms. The maximum Gasteiger partial charge on any atom is 0.204 e. The highest BCUT2D eigenvalue weighted by molar-refractivity contribution is 6.19. The van der Waals surface area contributed by atoms with Gasteiger partial charge in [-0.25, -0.2) is 9.98 Å². The van der Waals surface area contributed by atoms with Gasteiger partial charge in [0.15, 0.2) is 11.4 Å². The number of amidine groups is 2. The van der Waals surface area contributed by atoms with E-state index in [1.165, 1.54) is 37.9 Å². The monoisotopic (exact) mass is 781 g/mol. The molecule has 0 aliphatic carbocycles. The third-order valence-corrected chi connectivity index (χ3v) is 12.4. The van der Waals surface area contributed by atoms with E-state index in [4.69, 9.17) is 14.4 Å². The van der Waals surface area contributed by atoms with Gasteiger partial charge in [-0.05, 0) is 70.4 Å². The van der Waals surface area contributed by atoms with Crippen molar-refractivity contribution < 1.29 is 4.42 Å². The minimum Gasteiger partial charge on any atom is -0.454 e. The molecule has 12 aromatic rings. The zero-order valence-corrected chi connectivity index (χ0v) is 32.8. The molecule has 1 N–H and O–H groups in total. The Bertz CT molecular complexity index is 3740. The molecule has 1 aliphatic rings. The Labute approximate surface area is 349 Å². The minimum absolute atomic E-state index is 0.499. The Morgan fingerprint density at radius 1 is 0.426 bits per heavy atom. The van der Waals surface area contributed by atoms with E-state index in [-0.39, 0.29) is 0 Å². The van der Waals surface area contributed by atoms with Gasteiger partial charge < -0.3 is 18.9 Å². The first-order chi connectivity index (χ1) is 30.2. The van der Waals surface area contributed by atoms with Crippen LogP contribution in [-0.2, 0) is 0 Å². The van der Waals surface area contributed by atoms with Gasteiger partial charge in [-0.15, -0.1) is 0 Å². The standard InChI is InChI=1S/C55H35N5O/c1-2-14-34(15-3-1)35-26-28-36(29-27-35)53-56-54(58-55(57-53)60-47-23-11-6-18-40(47)41-19-7-12-24-48(41)60)39-31-45-43-21-9-13-25-51(43)61-52(45)50(33-39)59-46-22-10-8-20-42(46)44-30-37-16-4-5-17-38(37)32-49(44)59/h1-33,55H,(H,56,57,58). The quantitative estimate of drug-likeness (QED) is 0.189. The van der Waals surface area contributed by atoms with E-state index in [0.717, 1.165) is 72.2 Å². The van der Waals surface area contributed by atoms with Gasteiger partial charge in [0.25, 0.3) is 0 Å². The molecule has 0 saturated heterocycles. The summed E-state index contributed by atoms with van der Waals surface area (Å²) in [6.45, 7) is 0. The van der Waals surface area contributed by atoms with E-state index in [0.29, 0.717) is 5.84 Å². The predicted octanol–water partition coefficient (Wildman–Crippen LogP) is 13.6. The molecule has 0 saturated carbocycles. The second-order valence-corrected chi connectivity index (χ2v) is 15.8. The summed E-state index contributed by atoms with van der Waals surface area (Å²) < 4.78 is 11.5. The normalized spacial score (nSPS) is 14.4. The molecule has 9 aromatic carbocycles. The lowest BCUT2D eigenvalue weighted by Gasteiger charge is -2.26. The molecular weight excluding hydrogens is 747 g/mol. The van der Waals surface area contributed by atoms with E-state index in [1.807, 2.05) is 18.2 Å².